The standard InChI is InChI=1S/C16H28N2O3/c1-16(2,3)21-15(19)18-10-11-8-12(18)9-14(11)20-13-4-6-17-7-5-13/h11-14,17H,4-10H2,1-3H3. The Hall–Kier alpha value is -0.810. The van der Waals surface area contributed by atoms with E-state index in [1.807, 2.05) is 25.7 Å². The Morgan fingerprint density at radius 1 is 1.19 bits per heavy atom. The maximum atomic E-state index is 12.2. The minimum atomic E-state index is -0.413. The van der Waals surface area contributed by atoms with Gasteiger partial charge in [0.25, 0.3) is 0 Å². The Bertz CT molecular complexity index is 387. The average molecular weight is 296 g/mol. The Kier molecular flexibility index (Phi) is 4.14. The highest BCUT2D eigenvalue weighted by Crippen LogP contribution is 2.41. The minimum Gasteiger partial charge on any atom is -0.444 e. The summed E-state index contributed by atoms with van der Waals surface area (Å²) in [6.07, 6.45) is 4.88. The third-order valence-corrected chi connectivity index (χ3v) is 4.76. The molecule has 21 heavy (non-hydrogen) atoms. The third-order valence-electron chi connectivity index (χ3n) is 4.76. The molecule has 0 spiro atoms. The summed E-state index contributed by atoms with van der Waals surface area (Å²) in [6, 6.07) is 0.316. The van der Waals surface area contributed by atoms with E-state index in [0.29, 0.717) is 24.2 Å². The van der Waals surface area contributed by atoms with E-state index in [-0.39, 0.29) is 6.09 Å². The quantitative estimate of drug-likeness (QED) is 0.848. The highest BCUT2D eigenvalue weighted by Gasteiger charge is 2.48. The highest BCUT2D eigenvalue weighted by atomic mass is 16.6. The van der Waals surface area contributed by atoms with Crippen LogP contribution in [0.2, 0.25) is 0 Å². The number of rotatable bonds is 2. The fourth-order valence-electron chi connectivity index (χ4n) is 3.80. The van der Waals surface area contributed by atoms with Crippen LogP contribution in [0.3, 0.4) is 0 Å². The molecule has 1 amide bonds. The van der Waals surface area contributed by atoms with Crippen LogP contribution in [-0.2, 0) is 9.47 Å². The normalized spacial score (nSPS) is 33.5. The number of fused-ring (bicyclic) bond motifs is 2. The van der Waals surface area contributed by atoms with Crippen molar-refractivity contribution in [2.24, 2.45) is 5.92 Å². The van der Waals surface area contributed by atoms with Crippen LogP contribution in [0.1, 0.15) is 46.5 Å². The summed E-state index contributed by atoms with van der Waals surface area (Å²) in [5.74, 6) is 0.498. The highest BCUT2D eigenvalue weighted by molar-refractivity contribution is 5.69. The molecule has 120 valence electrons. The predicted molar refractivity (Wildman–Crippen MR) is 80.2 cm³/mol. The first kappa shape index (κ1) is 15.1. The lowest BCUT2D eigenvalue weighted by molar-refractivity contribution is -0.0614. The first-order valence-electron chi connectivity index (χ1n) is 8.28. The van der Waals surface area contributed by atoms with Crippen molar-refractivity contribution in [3.63, 3.8) is 0 Å². The van der Waals surface area contributed by atoms with Crippen molar-refractivity contribution in [1.29, 1.82) is 0 Å². The van der Waals surface area contributed by atoms with Gasteiger partial charge in [-0.3, -0.25) is 0 Å². The van der Waals surface area contributed by atoms with Crippen LogP contribution in [0, 0.1) is 5.92 Å². The van der Waals surface area contributed by atoms with Crippen LogP contribution >= 0.6 is 0 Å². The number of carbonyl (C=O) groups is 1. The molecule has 3 fully saturated rings. The van der Waals surface area contributed by atoms with Gasteiger partial charge in [0.15, 0.2) is 0 Å². The zero-order chi connectivity index (χ0) is 15.0. The van der Waals surface area contributed by atoms with Crippen molar-refractivity contribution >= 4 is 6.09 Å². The lowest BCUT2D eigenvalue weighted by atomic mass is 10.0. The Morgan fingerprint density at radius 2 is 1.90 bits per heavy atom. The molecule has 5 heteroatoms. The van der Waals surface area contributed by atoms with Crippen molar-refractivity contribution < 1.29 is 14.3 Å². The molecule has 0 radical (unpaired) electrons. The lowest BCUT2D eigenvalue weighted by Crippen LogP contribution is -2.46. The molecule has 1 aliphatic carbocycles. The van der Waals surface area contributed by atoms with Gasteiger partial charge in [0.05, 0.1) is 12.2 Å². The predicted octanol–water partition coefficient (Wildman–Crippen LogP) is 2.15. The Balaban J connectivity index is 1.50. The molecule has 2 bridgehead atoms. The molecule has 3 atom stereocenters. The number of ether oxygens (including phenoxy) is 2. The van der Waals surface area contributed by atoms with Gasteiger partial charge in [-0.2, -0.15) is 0 Å². The molecular weight excluding hydrogens is 268 g/mol. The SMILES string of the molecule is CC(C)(C)OC(=O)N1CC2CC1CC2OC1CCNCC1. The molecule has 3 aliphatic rings. The van der Waals surface area contributed by atoms with Gasteiger partial charge in [-0.15, -0.1) is 0 Å². The van der Waals surface area contributed by atoms with Gasteiger partial charge in [-0.05, 0) is 59.5 Å². The van der Waals surface area contributed by atoms with Gasteiger partial charge >= 0.3 is 6.09 Å². The van der Waals surface area contributed by atoms with Crippen LogP contribution in [0.5, 0.6) is 0 Å². The summed E-state index contributed by atoms with van der Waals surface area (Å²) in [5.41, 5.74) is -0.413. The largest absolute Gasteiger partial charge is 0.444 e. The van der Waals surface area contributed by atoms with E-state index in [1.54, 1.807) is 0 Å². The Labute approximate surface area is 127 Å². The van der Waals surface area contributed by atoms with Gasteiger partial charge in [-0.1, -0.05) is 0 Å². The number of nitrogens with zero attached hydrogens (tertiary/aromatic N) is 1. The summed E-state index contributed by atoms with van der Waals surface area (Å²) >= 11 is 0. The van der Waals surface area contributed by atoms with E-state index in [2.05, 4.69) is 5.32 Å². The van der Waals surface area contributed by atoms with E-state index >= 15 is 0 Å². The fraction of sp³-hybridized carbons (Fsp3) is 0.938. The second-order valence-corrected chi connectivity index (χ2v) is 7.64. The zero-order valence-corrected chi connectivity index (χ0v) is 13.4. The smallest absolute Gasteiger partial charge is 0.410 e. The second kappa shape index (κ2) is 5.76. The van der Waals surface area contributed by atoms with Crippen molar-refractivity contribution in [1.82, 2.24) is 10.2 Å². The zero-order valence-electron chi connectivity index (χ0n) is 13.4. The van der Waals surface area contributed by atoms with E-state index in [1.165, 1.54) is 0 Å². The molecule has 2 saturated heterocycles. The molecule has 5 nitrogen and oxygen atoms in total. The topological polar surface area (TPSA) is 50.8 Å². The maximum Gasteiger partial charge on any atom is 0.410 e. The molecule has 0 aromatic rings. The number of nitrogens with one attached hydrogen (secondary N) is 1. The summed E-state index contributed by atoms with van der Waals surface area (Å²) in [5, 5.41) is 3.37. The Morgan fingerprint density at radius 3 is 2.48 bits per heavy atom. The van der Waals surface area contributed by atoms with Crippen molar-refractivity contribution in [3.8, 4) is 0 Å². The van der Waals surface area contributed by atoms with E-state index < -0.39 is 5.60 Å². The lowest BCUT2D eigenvalue weighted by Gasteiger charge is -2.35. The number of hydrogen-bond donors (Lipinski definition) is 1. The van der Waals surface area contributed by atoms with Crippen LogP contribution in [0.25, 0.3) is 0 Å². The number of hydrogen-bond acceptors (Lipinski definition) is 4. The third kappa shape index (κ3) is 3.51. The fourth-order valence-corrected chi connectivity index (χ4v) is 3.80. The van der Waals surface area contributed by atoms with Gasteiger partial charge in [0.2, 0.25) is 0 Å². The van der Waals surface area contributed by atoms with E-state index in [4.69, 9.17) is 9.47 Å². The molecule has 1 N–H and O–H groups in total. The molecule has 0 aromatic carbocycles. The number of likely N-dealkylation sites (tertiary alicyclic amines) is 1. The van der Waals surface area contributed by atoms with Crippen LogP contribution < -0.4 is 5.32 Å². The number of piperidine rings is 2. The second-order valence-electron chi connectivity index (χ2n) is 7.64. The summed E-state index contributed by atoms with van der Waals surface area (Å²) in [4.78, 5) is 14.1. The molecule has 3 rings (SSSR count). The first-order valence-corrected chi connectivity index (χ1v) is 8.28. The van der Waals surface area contributed by atoms with Crippen LogP contribution in [0.15, 0.2) is 0 Å². The molecule has 1 saturated carbocycles. The van der Waals surface area contributed by atoms with Crippen LogP contribution in [-0.4, -0.2) is 54.5 Å². The first-order chi connectivity index (χ1) is 9.92. The molecule has 2 heterocycles. The van der Waals surface area contributed by atoms with Gasteiger partial charge in [-0.25, -0.2) is 4.79 Å². The van der Waals surface area contributed by atoms with Crippen LogP contribution in [0.4, 0.5) is 4.79 Å². The van der Waals surface area contributed by atoms with Gasteiger partial charge < -0.3 is 19.7 Å². The monoisotopic (exact) mass is 296 g/mol. The van der Waals surface area contributed by atoms with E-state index in [9.17, 15) is 4.79 Å². The van der Waals surface area contributed by atoms with Crippen molar-refractivity contribution in [2.45, 2.75) is 70.3 Å². The average Bonchev–Trinajstić information content (AvgIpc) is 2.97. The van der Waals surface area contributed by atoms with E-state index in [0.717, 1.165) is 45.3 Å². The molecule has 3 unspecified atom stereocenters. The van der Waals surface area contributed by atoms with Crippen molar-refractivity contribution in [3.05, 3.63) is 0 Å². The maximum absolute atomic E-state index is 12.2. The molecular formula is C16H28N2O3. The van der Waals surface area contributed by atoms with Gasteiger partial charge in [0, 0.05) is 18.5 Å². The molecule has 2 aliphatic heterocycles. The number of amides is 1. The summed E-state index contributed by atoms with van der Waals surface area (Å²) in [7, 11) is 0. The van der Waals surface area contributed by atoms with Crippen molar-refractivity contribution in [2.75, 3.05) is 19.6 Å². The summed E-state index contributed by atoms with van der Waals surface area (Å²) in [6.45, 7) is 8.69. The van der Waals surface area contributed by atoms with Gasteiger partial charge in [0.1, 0.15) is 5.60 Å². The summed E-state index contributed by atoms with van der Waals surface area (Å²) < 4.78 is 11.8. The molecule has 0 aromatic heterocycles. The minimum absolute atomic E-state index is 0.157. The number of carbonyl (C=O) groups excluding carboxylic acids is 1.